The number of aromatic amines is 1. The van der Waals surface area contributed by atoms with Gasteiger partial charge in [0.1, 0.15) is 48.7 Å². The number of nitrogens with two attached hydrogens (primary N) is 1. The molecule has 0 radical (unpaired) electrons. The summed E-state index contributed by atoms with van der Waals surface area (Å²) in [4.78, 5) is 162. The first-order chi connectivity index (χ1) is 47.3. The van der Waals surface area contributed by atoms with E-state index in [2.05, 4.69) is 36.6 Å². The molecule has 0 aliphatic rings. The predicted octanol–water partition coefficient (Wildman–Crippen LogP) is 4.55. The smallest absolute Gasteiger partial charge is 0.326 e. The number of ketones is 4. The van der Waals surface area contributed by atoms with Crippen LogP contribution in [-0.4, -0.2) is 220 Å². The number of carboxylic acid groups (broad SMARTS) is 5. The molecule has 1 heterocycles. The molecule has 1 aromatic heterocycles. The second kappa shape index (κ2) is 59.7. The lowest BCUT2D eigenvalue weighted by molar-refractivity contribution is -0.145. The van der Waals surface area contributed by atoms with E-state index in [1.54, 1.807) is 13.1 Å². The fraction of sp³-hybridized carbons (Fsp3) is 0.765. The summed E-state index contributed by atoms with van der Waals surface area (Å²) >= 11 is 0. The quantitative estimate of drug-likeness (QED) is 0.0398. The second-order valence-corrected chi connectivity index (χ2v) is 24.5. The number of imidazole rings is 1. The summed E-state index contributed by atoms with van der Waals surface area (Å²) in [6.45, 7) is 6.75. The number of carboxylic acids is 5. The Labute approximate surface area is 581 Å². The van der Waals surface area contributed by atoms with Crippen LogP contribution in [0.3, 0.4) is 0 Å². The number of Topliss-reactive ketones (excluding diaryl/α,β-unsaturated/α-hetero) is 4. The molecule has 1 aromatic rings. The minimum atomic E-state index is -1.36. The molecule has 7 atom stereocenters. The zero-order valence-corrected chi connectivity index (χ0v) is 58.5. The number of ether oxygens (including phenoxy) is 4. The number of unbranched alkanes of at least 4 members (excludes halogenated alkanes) is 14. The van der Waals surface area contributed by atoms with Gasteiger partial charge >= 0.3 is 29.8 Å². The summed E-state index contributed by atoms with van der Waals surface area (Å²) in [6.07, 6.45) is 18.8. The third-order valence-electron chi connectivity index (χ3n) is 15.9. The molecule has 0 bridgehead atoms. The van der Waals surface area contributed by atoms with Crippen LogP contribution in [0.25, 0.3) is 0 Å². The van der Waals surface area contributed by atoms with Gasteiger partial charge in [-0.25, -0.2) is 14.6 Å². The first-order valence-corrected chi connectivity index (χ1v) is 35.1. The van der Waals surface area contributed by atoms with E-state index < -0.39 is 96.2 Å². The Morgan fingerprint density at radius 1 is 0.495 bits per heavy atom. The molecule has 99 heavy (non-hydrogen) atoms. The first-order valence-electron chi connectivity index (χ1n) is 35.1. The number of hydrogen-bond acceptors (Lipinski definition) is 21. The summed E-state index contributed by atoms with van der Waals surface area (Å²) in [5, 5.41) is 68.6. The Hall–Kier alpha value is -7.16. The van der Waals surface area contributed by atoms with Gasteiger partial charge in [-0.1, -0.05) is 83.5 Å². The molecule has 0 aromatic carbocycles. The average Bonchev–Trinajstić information content (AvgIpc) is 1.73. The highest BCUT2D eigenvalue weighted by Gasteiger charge is 2.29. The number of rotatable bonds is 66. The highest BCUT2D eigenvalue weighted by molar-refractivity contribution is 5.88. The van der Waals surface area contributed by atoms with Crippen molar-refractivity contribution in [2.45, 2.75) is 250 Å². The third kappa shape index (κ3) is 52.5. The van der Waals surface area contributed by atoms with Crippen LogP contribution >= 0.6 is 0 Å². The van der Waals surface area contributed by atoms with E-state index in [1.807, 2.05) is 6.92 Å². The molecule has 0 spiro atoms. The van der Waals surface area contributed by atoms with Gasteiger partial charge in [-0.15, -0.1) is 0 Å². The van der Waals surface area contributed by atoms with Crippen molar-refractivity contribution in [3.63, 3.8) is 0 Å². The van der Waals surface area contributed by atoms with E-state index in [1.165, 1.54) is 51.8 Å². The maximum absolute atomic E-state index is 13.1. The van der Waals surface area contributed by atoms with Gasteiger partial charge in [-0.05, 0) is 78.6 Å². The van der Waals surface area contributed by atoms with E-state index in [-0.39, 0.29) is 139 Å². The van der Waals surface area contributed by atoms with E-state index in [4.69, 9.17) is 29.8 Å². The second-order valence-electron chi connectivity index (χ2n) is 24.5. The molecule has 31 heteroatoms. The molecule has 1 unspecified atom stereocenters. The van der Waals surface area contributed by atoms with Gasteiger partial charge in [-0.3, -0.25) is 58.1 Å². The molecule has 0 aliphatic heterocycles. The zero-order chi connectivity index (χ0) is 74.0. The standard InChI is InChI=1S/C37H62N6O14.C31H54N2O9/c1-3-54-15-17-56-22-28(45)8-6-14-55-16-18-57-23-34(49)43-30(36(50)51)10-12-33(48)40-13-5-4-7-26(32(47)21-41-35(25(2)44)37(52)53)9-11-31(46)29(38)19-27-20-39-24-42-27;1-2-32-27(35)22-19-24(30(39)40)23-25(34)20-21-26(31(41)42)33-28(36)17-15-13-11-9-7-5-3-4-6-8-10-12-14-16-18-29(37)38/h20,24-26,29-30,35,41,44H,3-19,21-23,38H2,1-2H3,(H,39,42)(H,40,48)(H,43,49)(H,50,51)(H,52,53);24,26H,2-23H2,1H3,(H,32,35)(H,33,36)(H,37,38)(H,39,40)(H,41,42)/t25-,26-,29+,30+,35?;24-,26+/m11/s1. The number of nitrogens with one attached hydrogen (secondary N) is 6. The summed E-state index contributed by atoms with van der Waals surface area (Å²) < 4.78 is 20.9. The van der Waals surface area contributed by atoms with Crippen LogP contribution < -0.4 is 32.3 Å². The Kier molecular flexibility index (Phi) is 55.4. The molecule has 0 fully saturated rings. The van der Waals surface area contributed by atoms with E-state index in [0.29, 0.717) is 77.2 Å². The molecule has 31 nitrogen and oxygen atoms in total. The van der Waals surface area contributed by atoms with Crippen molar-refractivity contribution < 1.29 is 112 Å². The maximum Gasteiger partial charge on any atom is 0.326 e. The molecule has 1 rings (SSSR count). The normalized spacial score (nSPS) is 13.2. The number of carbonyl (C=O) groups is 13. The Morgan fingerprint density at radius 2 is 1.03 bits per heavy atom. The number of nitrogens with zero attached hydrogens (tertiary/aromatic N) is 1. The highest BCUT2D eigenvalue weighted by Crippen LogP contribution is 2.20. The lowest BCUT2D eigenvalue weighted by atomic mass is 9.89. The van der Waals surface area contributed by atoms with Crippen LogP contribution in [-0.2, 0) is 87.7 Å². The number of H-pyrrole nitrogens is 1. The molecule has 0 saturated carbocycles. The van der Waals surface area contributed by atoms with Crippen molar-refractivity contribution in [1.82, 2.24) is 36.6 Å². The van der Waals surface area contributed by atoms with Crippen molar-refractivity contribution in [2.75, 3.05) is 72.5 Å². The fourth-order valence-corrected chi connectivity index (χ4v) is 10.2. The largest absolute Gasteiger partial charge is 0.481 e. The number of aromatic nitrogens is 2. The number of aliphatic carboxylic acids is 5. The molecular weight excluding hydrogens is 1300 g/mol. The lowest BCUT2D eigenvalue weighted by Gasteiger charge is -2.20. The zero-order valence-electron chi connectivity index (χ0n) is 58.5. The molecule has 0 aliphatic carbocycles. The van der Waals surface area contributed by atoms with Crippen LogP contribution in [0, 0.1) is 11.8 Å². The van der Waals surface area contributed by atoms with Crippen molar-refractivity contribution in [3.8, 4) is 0 Å². The Bertz CT molecular complexity index is 2490. The SMILES string of the molecule is CCNC(=O)CC[C@H](CC(=O)CC[C@H](NC(=O)CCCCCCCCCCCCCCCCC(=O)O)C(=O)O)C(=O)O.CCOCCOCC(=O)CCCOCCOCC(=O)N[C@@H](CCC(=O)NCCCC[C@H](CCC(=O)[C@@H](N)Cc1cnc[nH]1)C(=O)CNC(C(=O)O)[C@@H](C)O)C(=O)O. The Morgan fingerprint density at radius 3 is 1.58 bits per heavy atom. The van der Waals surface area contributed by atoms with E-state index in [0.717, 1.165) is 44.9 Å². The molecule has 4 amide bonds. The lowest BCUT2D eigenvalue weighted by Crippen LogP contribution is -2.47. The average molecular weight is 1410 g/mol. The fourth-order valence-electron chi connectivity index (χ4n) is 10.2. The van der Waals surface area contributed by atoms with Crippen molar-refractivity contribution >= 4 is 76.6 Å². The van der Waals surface area contributed by atoms with Gasteiger partial charge in [-0.2, -0.15) is 0 Å². The van der Waals surface area contributed by atoms with Gasteiger partial charge in [0.05, 0.1) is 57.4 Å². The summed E-state index contributed by atoms with van der Waals surface area (Å²) in [5.41, 5.74) is 6.74. The van der Waals surface area contributed by atoms with Crippen LogP contribution in [0.4, 0.5) is 0 Å². The minimum Gasteiger partial charge on any atom is -0.481 e. The van der Waals surface area contributed by atoms with Crippen molar-refractivity contribution in [1.29, 1.82) is 0 Å². The third-order valence-corrected chi connectivity index (χ3v) is 15.9. The van der Waals surface area contributed by atoms with Gasteiger partial charge in [0.25, 0.3) is 0 Å². The summed E-state index contributed by atoms with van der Waals surface area (Å²) in [6, 6.07) is -4.70. The number of aliphatic hydroxyl groups excluding tert-OH is 1. The summed E-state index contributed by atoms with van der Waals surface area (Å²) in [7, 11) is 0. The van der Waals surface area contributed by atoms with Crippen molar-refractivity contribution in [2.24, 2.45) is 17.6 Å². The molecule has 0 saturated heterocycles. The maximum atomic E-state index is 13.1. The van der Waals surface area contributed by atoms with Crippen molar-refractivity contribution in [3.05, 3.63) is 18.2 Å². The first kappa shape index (κ1) is 91.8. The van der Waals surface area contributed by atoms with Crippen LogP contribution in [0.15, 0.2) is 12.5 Å². The van der Waals surface area contributed by atoms with Gasteiger partial charge in [0, 0.05) is 102 Å². The van der Waals surface area contributed by atoms with Gasteiger partial charge < -0.3 is 81.6 Å². The number of carbonyl (C=O) groups excluding carboxylic acids is 8. The Balaban J connectivity index is 0.00000203. The topological polar surface area (TPSA) is 495 Å². The van der Waals surface area contributed by atoms with E-state index in [9.17, 15) is 87.9 Å². The highest BCUT2D eigenvalue weighted by atomic mass is 16.5. The van der Waals surface area contributed by atoms with Crippen LogP contribution in [0.1, 0.15) is 219 Å². The molecule has 14 N–H and O–H groups in total. The van der Waals surface area contributed by atoms with Crippen LogP contribution in [0.5, 0.6) is 0 Å². The number of hydrogen-bond donors (Lipinski definition) is 13. The van der Waals surface area contributed by atoms with Gasteiger partial charge in [0.15, 0.2) is 5.78 Å². The van der Waals surface area contributed by atoms with Crippen LogP contribution in [0.2, 0.25) is 0 Å². The predicted molar refractivity (Wildman–Crippen MR) is 362 cm³/mol. The monoisotopic (exact) mass is 1410 g/mol. The number of aliphatic hydroxyl groups is 1. The summed E-state index contributed by atoms with van der Waals surface area (Å²) in [5.74, 6) is -10.2. The number of amides is 4. The molecular formula is C68H116N8O23. The minimum absolute atomic E-state index is 0.00714. The molecule has 566 valence electrons. The van der Waals surface area contributed by atoms with Gasteiger partial charge in [0.2, 0.25) is 23.6 Å². The van der Waals surface area contributed by atoms with E-state index >= 15 is 0 Å².